The monoisotopic (exact) mass is 505 g/mol. The van der Waals surface area contributed by atoms with Gasteiger partial charge in [0.1, 0.15) is 4.84 Å². The number of hydrogen-bond donors (Lipinski definition) is 0. The maximum atomic E-state index is 13.1. The Hall–Kier alpha value is -1.82. The van der Waals surface area contributed by atoms with Crippen molar-refractivity contribution >= 4 is 56.6 Å². The normalized spacial score (nSPS) is 12.1. The van der Waals surface area contributed by atoms with E-state index in [0.29, 0.717) is 10.4 Å². The number of rotatable bonds is 7. The van der Waals surface area contributed by atoms with Crippen LogP contribution in [0.1, 0.15) is 21.6 Å². The van der Waals surface area contributed by atoms with Crippen molar-refractivity contribution in [2.45, 2.75) is 16.8 Å². The quantitative estimate of drug-likeness (QED) is 0.415. The van der Waals surface area contributed by atoms with Crippen LogP contribution in [0.25, 0.3) is 0 Å². The van der Waals surface area contributed by atoms with Crippen LogP contribution in [0.15, 0.2) is 30.6 Å². The summed E-state index contributed by atoms with van der Waals surface area (Å²) in [5, 5.41) is -0.202. The minimum Gasteiger partial charge on any atom is -0.464 e. The molecule has 0 radical (unpaired) electrons. The lowest BCUT2D eigenvalue weighted by atomic mass is 10.1. The second-order valence-electron chi connectivity index (χ2n) is 5.70. The summed E-state index contributed by atoms with van der Waals surface area (Å²) in [5.74, 6) is -2.39. The highest BCUT2D eigenvalue weighted by Crippen LogP contribution is 2.33. The van der Waals surface area contributed by atoms with E-state index in [2.05, 4.69) is 14.7 Å². The molecule has 1 heterocycles. The summed E-state index contributed by atoms with van der Waals surface area (Å²) < 4.78 is 70.3. The number of hydrogen-bond acceptors (Lipinski definition) is 6. The Kier molecular flexibility index (Phi) is 7.78. The van der Waals surface area contributed by atoms with Crippen molar-refractivity contribution in [2.24, 2.45) is 0 Å². The molecule has 2 rings (SSSR count). The Morgan fingerprint density at radius 1 is 1.23 bits per heavy atom. The summed E-state index contributed by atoms with van der Waals surface area (Å²) in [6, 6.07) is 2.28. The summed E-state index contributed by atoms with van der Waals surface area (Å²) in [4.78, 5) is 18.3. The van der Waals surface area contributed by atoms with Gasteiger partial charge in [-0.15, -0.1) is 23.2 Å². The predicted molar refractivity (Wildman–Crippen MR) is 105 cm³/mol. The van der Waals surface area contributed by atoms with E-state index in [0.717, 1.165) is 31.6 Å². The van der Waals surface area contributed by atoms with Gasteiger partial charge in [-0.05, 0) is 23.8 Å². The molecule has 0 N–H and O–H groups in total. The van der Waals surface area contributed by atoms with E-state index >= 15 is 0 Å². The average molecular weight is 507 g/mol. The first kappa shape index (κ1) is 24.4. The van der Waals surface area contributed by atoms with E-state index in [1.54, 1.807) is 0 Å². The first-order chi connectivity index (χ1) is 13.9. The van der Waals surface area contributed by atoms with E-state index in [9.17, 15) is 26.4 Å². The molecule has 0 saturated carbocycles. The van der Waals surface area contributed by atoms with Crippen molar-refractivity contribution in [3.63, 3.8) is 0 Å². The number of methoxy groups -OCH3 is 1. The average Bonchev–Trinajstić information content (AvgIpc) is 2.66. The van der Waals surface area contributed by atoms with Gasteiger partial charge in [0.2, 0.25) is 10.0 Å². The molecule has 0 aliphatic carbocycles. The molecule has 2 aromatic rings. The molecule has 0 aliphatic heterocycles. The fourth-order valence-electron chi connectivity index (χ4n) is 2.35. The molecule has 0 unspecified atom stereocenters. The number of carbonyl (C=O) groups excluding carboxylic acids is 1. The van der Waals surface area contributed by atoms with E-state index in [1.165, 1.54) is 0 Å². The Labute approximate surface area is 184 Å². The van der Waals surface area contributed by atoms with Crippen molar-refractivity contribution in [3.8, 4) is 0 Å². The van der Waals surface area contributed by atoms with E-state index < -0.39 is 56.4 Å². The van der Waals surface area contributed by atoms with Gasteiger partial charge in [0.25, 0.3) is 0 Å². The van der Waals surface area contributed by atoms with Crippen molar-refractivity contribution in [2.75, 3.05) is 18.0 Å². The number of anilines is 1. The van der Waals surface area contributed by atoms with Gasteiger partial charge < -0.3 is 4.74 Å². The SMILES string of the molecule is COC(=O)c1nccnc1N(CC(Cl)Cl)S(=O)(=O)Cc1cc(C(F)(F)F)ccc1Cl. The Morgan fingerprint density at radius 3 is 2.43 bits per heavy atom. The third kappa shape index (κ3) is 5.87. The summed E-state index contributed by atoms with van der Waals surface area (Å²) in [6.45, 7) is -0.565. The maximum absolute atomic E-state index is 13.1. The van der Waals surface area contributed by atoms with Gasteiger partial charge in [-0.3, -0.25) is 0 Å². The lowest BCUT2D eigenvalue weighted by Gasteiger charge is -2.25. The molecule has 1 aromatic carbocycles. The van der Waals surface area contributed by atoms with Gasteiger partial charge in [0, 0.05) is 17.4 Å². The summed E-state index contributed by atoms with van der Waals surface area (Å²) in [7, 11) is -3.42. The molecule has 0 spiro atoms. The number of esters is 1. The van der Waals surface area contributed by atoms with Crippen LogP contribution in [-0.4, -0.2) is 42.8 Å². The van der Waals surface area contributed by atoms with Crippen LogP contribution in [0.4, 0.5) is 19.0 Å². The number of carbonyl (C=O) groups is 1. The van der Waals surface area contributed by atoms with E-state index in [4.69, 9.17) is 34.8 Å². The molecule has 0 amide bonds. The van der Waals surface area contributed by atoms with Gasteiger partial charge in [-0.1, -0.05) is 11.6 Å². The standard InChI is InChI=1S/C16H13Cl3F3N3O4S/c1-29-15(26)13-14(24-5-4-23-13)25(7-12(18)19)30(27,28)8-9-6-10(16(20,21)22)2-3-11(9)17/h2-6,12H,7-8H2,1H3. The third-order valence-corrected chi connectivity index (χ3v) is 5.96. The van der Waals surface area contributed by atoms with Gasteiger partial charge in [-0.25, -0.2) is 27.5 Å². The number of benzene rings is 1. The first-order valence-corrected chi connectivity index (χ1v) is 10.8. The molecule has 1 aromatic heterocycles. The molecular formula is C16H13Cl3F3N3O4S. The third-order valence-electron chi connectivity index (χ3n) is 3.64. The highest BCUT2D eigenvalue weighted by Gasteiger charge is 2.34. The number of halogens is 6. The van der Waals surface area contributed by atoms with Gasteiger partial charge in [0.15, 0.2) is 11.5 Å². The molecule has 0 fully saturated rings. The lowest BCUT2D eigenvalue weighted by Crippen LogP contribution is -2.37. The molecule has 30 heavy (non-hydrogen) atoms. The molecule has 0 bridgehead atoms. The molecule has 164 valence electrons. The van der Waals surface area contributed by atoms with Gasteiger partial charge in [-0.2, -0.15) is 13.2 Å². The van der Waals surface area contributed by atoms with Gasteiger partial charge in [0.05, 0.1) is 25.0 Å². The molecule has 0 saturated heterocycles. The van der Waals surface area contributed by atoms with E-state index in [-0.39, 0.29) is 10.6 Å². The first-order valence-electron chi connectivity index (χ1n) is 7.90. The number of sulfonamides is 1. The van der Waals surface area contributed by atoms with Crippen molar-refractivity contribution in [3.05, 3.63) is 52.4 Å². The second kappa shape index (κ2) is 9.54. The number of aromatic nitrogens is 2. The zero-order valence-electron chi connectivity index (χ0n) is 15.0. The van der Waals surface area contributed by atoms with Crippen LogP contribution in [0.2, 0.25) is 5.02 Å². The van der Waals surface area contributed by atoms with Crippen LogP contribution in [0, 0.1) is 0 Å². The van der Waals surface area contributed by atoms with Gasteiger partial charge >= 0.3 is 12.1 Å². The summed E-state index contributed by atoms with van der Waals surface area (Å²) >= 11 is 17.4. The van der Waals surface area contributed by atoms with Crippen LogP contribution < -0.4 is 4.31 Å². The van der Waals surface area contributed by atoms with Crippen LogP contribution >= 0.6 is 34.8 Å². The summed E-state index contributed by atoms with van der Waals surface area (Å²) in [5.41, 5.74) is -1.85. The molecule has 14 heteroatoms. The Balaban J connectivity index is 2.55. The number of alkyl halides is 5. The number of ether oxygens (including phenoxy) is 1. The zero-order chi connectivity index (χ0) is 22.7. The van der Waals surface area contributed by atoms with Crippen LogP contribution in [0.3, 0.4) is 0 Å². The maximum Gasteiger partial charge on any atom is 0.416 e. The largest absolute Gasteiger partial charge is 0.464 e. The van der Waals surface area contributed by atoms with Crippen molar-refractivity contribution < 1.29 is 31.1 Å². The van der Waals surface area contributed by atoms with Crippen LogP contribution in [0.5, 0.6) is 0 Å². The fraction of sp³-hybridized carbons (Fsp3) is 0.312. The lowest BCUT2D eigenvalue weighted by molar-refractivity contribution is -0.137. The number of nitrogens with zero attached hydrogens (tertiary/aromatic N) is 3. The van der Waals surface area contributed by atoms with Crippen molar-refractivity contribution in [1.29, 1.82) is 0 Å². The highest BCUT2D eigenvalue weighted by atomic mass is 35.5. The molecular weight excluding hydrogens is 494 g/mol. The fourth-order valence-corrected chi connectivity index (χ4v) is 4.61. The zero-order valence-corrected chi connectivity index (χ0v) is 18.1. The minimum absolute atomic E-state index is 0.202. The molecule has 0 aliphatic rings. The Morgan fingerprint density at radius 2 is 1.87 bits per heavy atom. The molecule has 0 atom stereocenters. The van der Waals surface area contributed by atoms with Crippen molar-refractivity contribution in [1.82, 2.24) is 9.97 Å². The topological polar surface area (TPSA) is 89.5 Å². The smallest absolute Gasteiger partial charge is 0.416 e. The van der Waals surface area contributed by atoms with Crippen LogP contribution in [-0.2, 0) is 26.7 Å². The minimum atomic E-state index is -4.71. The summed E-state index contributed by atoms with van der Waals surface area (Å²) in [6.07, 6.45) is -2.47. The molecule has 7 nitrogen and oxygen atoms in total. The second-order valence-corrected chi connectivity index (χ2v) is 9.28. The predicted octanol–water partition coefficient (Wildman–Crippen LogP) is 4.08. The van der Waals surface area contributed by atoms with E-state index in [1.807, 2.05) is 0 Å². The Bertz CT molecular complexity index is 1040. The highest BCUT2D eigenvalue weighted by molar-refractivity contribution is 7.92.